The molecule has 1 aromatic heterocycles. The number of hydrogen-bond donors (Lipinski definition) is 0. The number of rotatable bonds is 3. The maximum atomic E-state index is 13.9. The minimum atomic E-state index is -5.10. The fourth-order valence-electron chi connectivity index (χ4n) is 2.65. The second-order valence-corrected chi connectivity index (χ2v) is 6.18. The molecule has 0 unspecified atom stereocenters. The summed E-state index contributed by atoms with van der Waals surface area (Å²) in [5.74, 6) is -1.63. The summed E-state index contributed by atoms with van der Waals surface area (Å²) in [6.07, 6.45) is -9.02. The minimum Gasteiger partial charge on any atom is -0.237 e. The van der Waals surface area contributed by atoms with E-state index in [1.807, 2.05) is 0 Å². The molecule has 0 spiro atoms. The molecular formula is C20H9F8N3. The molecule has 0 bridgehead atoms. The van der Waals surface area contributed by atoms with Gasteiger partial charge in [-0.2, -0.15) is 31.4 Å². The molecule has 160 valence electrons. The predicted molar refractivity (Wildman–Crippen MR) is 94.4 cm³/mol. The van der Waals surface area contributed by atoms with Gasteiger partial charge in [-0.3, -0.25) is 0 Å². The first-order valence-electron chi connectivity index (χ1n) is 8.29. The second-order valence-electron chi connectivity index (χ2n) is 6.18. The molecule has 3 nitrogen and oxygen atoms in total. The highest BCUT2D eigenvalue weighted by Crippen LogP contribution is 2.36. The van der Waals surface area contributed by atoms with Crippen molar-refractivity contribution in [3.63, 3.8) is 0 Å². The third-order valence-corrected chi connectivity index (χ3v) is 4.06. The number of alkyl halides is 6. The van der Waals surface area contributed by atoms with Crippen molar-refractivity contribution in [2.45, 2.75) is 12.4 Å². The zero-order valence-electron chi connectivity index (χ0n) is 15.1. The van der Waals surface area contributed by atoms with Crippen LogP contribution in [0.5, 0.6) is 0 Å². The van der Waals surface area contributed by atoms with Gasteiger partial charge in [-0.25, -0.2) is 18.3 Å². The zero-order chi connectivity index (χ0) is 23.0. The van der Waals surface area contributed by atoms with Crippen LogP contribution in [0.1, 0.15) is 22.5 Å². The molecule has 0 saturated carbocycles. The molecule has 0 aliphatic heterocycles. The Morgan fingerprint density at radius 2 is 1.55 bits per heavy atom. The Kier molecular flexibility index (Phi) is 5.59. The van der Waals surface area contributed by atoms with Gasteiger partial charge in [-0.1, -0.05) is 12.1 Å². The molecule has 1 heterocycles. The van der Waals surface area contributed by atoms with Crippen LogP contribution in [0.3, 0.4) is 0 Å². The van der Waals surface area contributed by atoms with E-state index in [0.717, 1.165) is 36.4 Å². The van der Waals surface area contributed by atoms with Gasteiger partial charge in [0.2, 0.25) is 0 Å². The number of benzene rings is 2. The summed E-state index contributed by atoms with van der Waals surface area (Å²) in [6.45, 7) is 7.17. The van der Waals surface area contributed by atoms with Gasteiger partial charge in [0.15, 0.2) is 11.4 Å². The molecule has 0 amide bonds. The molecule has 0 saturated heterocycles. The zero-order valence-corrected chi connectivity index (χ0v) is 15.1. The number of nitrogens with zero attached hydrogens (tertiary/aromatic N) is 3. The van der Waals surface area contributed by atoms with Crippen LogP contribution in [0.25, 0.3) is 22.3 Å². The summed E-state index contributed by atoms with van der Waals surface area (Å²) in [4.78, 5) is 3.13. The van der Waals surface area contributed by atoms with E-state index in [9.17, 15) is 35.1 Å². The Bertz CT molecular complexity index is 1180. The van der Waals surface area contributed by atoms with Gasteiger partial charge < -0.3 is 0 Å². The monoisotopic (exact) mass is 443 g/mol. The van der Waals surface area contributed by atoms with Gasteiger partial charge in [0, 0.05) is 11.6 Å². The SMILES string of the molecule is [C-]#[N+]C(=Cc1ccc(-n2nc(C(F)(F)F)cc2C(F)(F)F)cc1)c1cc(F)ccc1F. The average Bonchev–Trinajstić information content (AvgIpc) is 3.15. The second kappa shape index (κ2) is 7.86. The van der Waals surface area contributed by atoms with Gasteiger partial charge in [-0.15, -0.1) is 0 Å². The van der Waals surface area contributed by atoms with E-state index in [1.54, 1.807) is 0 Å². The van der Waals surface area contributed by atoms with E-state index >= 15 is 0 Å². The highest BCUT2D eigenvalue weighted by molar-refractivity contribution is 5.85. The van der Waals surface area contributed by atoms with Crippen molar-refractivity contribution in [3.8, 4) is 5.69 Å². The maximum absolute atomic E-state index is 13.9. The van der Waals surface area contributed by atoms with E-state index in [1.165, 1.54) is 12.1 Å². The van der Waals surface area contributed by atoms with Crippen LogP contribution in [0.15, 0.2) is 48.5 Å². The van der Waals surface area contributed by atoms with Gasteiger partial charge in [0.1, 0.15) is 17.3 Å². The highest BCUT2D eigenvalue weighted by atomic mass is 19.4. The molecule has 0 N–H and O–H groups in total. The first-order valence-corrected chi connectivity index (χ1v) is 8.29. The Hall–Kier alpha value is -3.68. The molecule has 3 rings (SSSR count). The minimum absolute atomic E-state index is 0.0996. The molecule has 0 atom stereocenters. The summed E-state index contributed by atoms with van der Waals surface area (Å²) in [7, 11) is 0. The Balaban J connectivity index is 2.02. The van der Waals surface area contributed by atoms with Crippen molar-refractivity contribution in [1.29, 1.82) is 0 Å². The lowest BCUT2D eigenvalue weighted by Gasteiger charge is -2.10. The van der Waals surface area contributed by atoms with Crippen LogP contribution < -0.4 is 0 Å². The molecule has 31 heavy (non-hydrogen) atoms. The average molecular weight is 443 g/mol. The predicted octanol–water partition coefficient (Wildman–Crippen LogP) is 6.61. The van der Waals surface area contributed by atoms with Crippen LogP contribution in [-0.2, 0) is 12.4 Å². The lowest BCUT2D eigenvalue weighted by molar-refractivity contribution is -0.143. The molecular weight excluding hydrogens is 434 g/mol. The normalized spacial score (nSPS) is 12.7. The largest absolute Gasteiger partial charge is 0.435 e. The third-order valence-electron chi connectivity index (χ3n) is 4.06. The van der Waals surface area contributed by atoms with Crippen LogP contribution in [0, 0.1) is 18.2 Å². The van der Waals surface area contributed by atoms with Crippen LogP contribution >= 0.6 is 0 Å². The summed E-state index contributed by atoms with van der Waals surface area (Å²) < 4.78 is 105. The standard InChI is InChI=1S/C20H9F8N3/c1-29-16(14-9-12(21)4-7-15(14)22)8-11-2-5-13(6-3-11)31-18(20(26,27)28)10-17(30-31)19(23,24)25/h2-10H. The lowest BCUT2D eigenvalue weighted by atomic mass is 10.1. The molecule has 2 aromatic carbocycles. The van der Waals surface area contributed by atoms with Crippen molar-refractivity contribution < 1.29 is 35.1 Å². The van der Waals surface area contributed by atoms with Gasteiger partial charge in [0.25, 0.3) is 0 Å². The van der Waals surface area contributed by atoms with E-state index < -0.39 is 35.4 Å². The molecule has 0 aliphatic rings. The molecule has 3 aromatic rings. The summed E-state index contributed by atoms with van der Waals surface area (Å²) in [6, 6.07) is 6.92. The van der Waals surface area contributed by atoms with Crippen LogP contribution in [-0.4, -0.2) is 9.78 Å². The first-order chi connectivity index (χ1) is 14.4. The number of hydrogen-bond acceptors (Lipinski definition) is 1. The van der Waals surface area contributed by atoms with Crippen molar-refractivity contribution in [2.75, 3.05) is 0 Å². The first kappa shape index (κ1) is 22.0. The molecule has 0 radical (unpaired) electrons. The van der Waals surface area contributed by atoms with E-state index in [2.05, 4.69) is 9.94 Å². The van der Waals surface area contributed by atoms with Gasteiger partial charge in [0.05, 0.1) is 12.3 Å². The third kappa shape index (κ3) is 4.74. The summed E-state index contributed by atoms with van der Waals surface area (Å²) in [5, 5.41) is 3.01. The molecule has 0 fully saturated rings. The van der Waals surface area contributed by atoms with Crippen molar-refractivity contribution in [2.24, 2.45) is 0 Å². The quantitative estimate of drug-likeness (QED) is 0.254. The number of halogens is 8. The fourth-order valence-corrected chi connectivity index (χ4v) is 2.65. The Morgan fingerprint density at radius 1 is 0.903 bits per heavy atom. The summed E-state index contributed by atoms with van der Waals surface area (Å²) in [5.41, 5.74) is -4.02. The smallest absolute Gasteiger partial charge is 0.237 e. The topological polar surface area (TPSA) is 22.2 Å². The molecule has 0 aliphatic carbocycles. The fraction of sp³-hybridized carbons (Fsp3) is 0.100. The van der Waals surface area contributed by atoms with Gasteiger partial charge >= 0.3 is 12.4 Å². The van der Waals surface area contributed by atoms with Crippen LogP contribution in [0.2, 0.25) is 0 Å². The van der Waals surface area contributed by atoms with Crippen molar-refractivity contribution in [3.05, 3.63) is 94.1 Å². The van der Waals surface area contributed by atoms with E-state index in [-0.39, 0.29) is 33.3 Å². The summed E-state index contributed by atoms with van der Waals surface area (Å²) >= 11 is 0. The Morgan fingerprint density at radius 3 is 2.10 bits per heavy atom. The Labute approximate surface area is 169 Å². The van der Waals surface area contributed by atoms with E-state index in [0.29, 0.717) is 0 Å². The highest BCUT2D eigenvalue weighted by Gasteiger charge is 2.42. The lowest BCUT2D eigenvalue weighted by Crippen LogP contribution is -2.13. The van der Waals surface area contributed by atoms with Crippen molar-refractivity contribution >= 4 is 11.8 Å². The van der Waals surface area contributed by atoms with E-state index in [4.69, 9.17) is 6.57 Å². The van der Waals surface area contributed by atoms with Crippen molar-refractivity contribution in [1.82, 2.24) is 9.78 Å². The maximum Gasteiger partial charge on any atom is 0.435 e. The van der Waals surface area contributed by atoms with Gasteiger partial charge in [-0.05, 0) is 42.0 Å². The van der Waals surface area contributed by atoms with Crippen LogP contribution in [0.4, 0.5) is 35.1 Å². The number of aromatic nitrogens is 2. The molecule has 11 heteroatoms.